The highest BCUT2D eigenvalue weighted by atomic mass is 35.5. The van der Waals surface area contributed by atoms with E-state index in [0.717, 1.165) is 11.3 Å². The second kappa shape index (κ2) is 9.90. The Bertz CT molecular complexity index is 1270. The van der Waals surface area contributed by atoms with Crippen LogP contribution < -0.4 is 26.2 Å². The summed E-state index contributed by atoms with van der Waals surface area (Å²) in [5, 5.41) is 13.8. The maximum absolute atomic E-state index is 13.5. The van der Waals surface area contributed by atoms with Crippen LogP contribution in [0.1, 0.15) is 31.0 Å². The largest absolute Gasteiger partial charge is 0.451 e. The molecular formula is C24H28ClN5O4. The highest BCUT2D eigenvalue weighted by molar-refractivity contribution is 6.30. The van der Waals surface area contributed by atoms with Gasteiger partial charge in [0.05, 0.1) is 12.3 Å². The molecule has 0 saturated carbocycles. The number of aryl methyl sites for hydroxylation is 1. The molecule has 0 spiro atoms. The van der Waals surface area contributed by atoms with Gasteiger partial charge in [-0.25, -0.2) is 4.79 Å². The molecule has 2 aromatic heterocycles. The fourth-order valence-corrected chi connectivity index (χ4v) is 3.99. The number of hydrogen-bond donors (Lipinski definition) is 2. The fraction of sp³-hybridized carbons (Fsp3) is 0.375. The van der Waals surface area contributed by atoms with Gasteiger partial charge >= 0.3 is 5.69 Å². The van der Waals surface area contributed by atoms with Crippen molar-refractivity contribution < 1.29 is 9.84 Å². The van der Waals surface area contributed by atoms with Crippen LogP contribution in [0.5, 0.6) is 5.75 Å². The van der Waals surface area contributed by atoms with E-state index in [1.807, 2.05) is 32.0 Å². The van der Waals surface area contributed by atoms with E-state index in [2.05, 4.69) is 10.3 Å². The second-order valence-electron chi connectivity index (χ2n) is 8.35. The average Bonchev–Trinajstić information content (AvgIpc) is 3.18. The summed E-state index contributed by atoms with van der Waals surface area (Å²) in [4.78, 5) is 32.6. The molecule has 1 aliphatic heterocycles. The number of halogens is 1. The Morgan fingerprint density at radius 1 is 1.21 bits per heavy atom. The summed E-state index contributed by atoms with van der Waals surface area (Å²) in [6, 6.07) is 11.0. The Labute approximate surface area is 202 Å². The summed E-state index contributed by atoms with van der Waals surface area (Å²) < 4.78 is 8.72. The van der Waals surface area contributed by atoms with E-state index < -0.39 is 23.7 Å². The number of fused-ring (bicyclic) bond motifs is 1. The third-order valence-electron chi connectivity index (χ3n) is 5.91. The normalized spacial score (nSPS) is 15.7. The lowest BCUT2D eigenvalue weighted by Gasteiger charge is -2.26. The Balaban J connectivity index is 1.76. The van der Waals surface area contributed by atoms with E-state index in [1.165, 1.54) is 9.13 Å². The van der Waals surface area contributed by atoms with Crippen LogP contribution in [0.25, 0.3) is 0 Å². The number of aliphatic hydroxyl groups is 1. The Kier molecular flexibility index (Phi) is 6.95. The lowest BCUT2D eigenvalue weighted by Crippen LogP contribution is -2.43. The Hall–Kier alpha value is -3.30. The van der Waals surface area contributed by atoms with Gasteiger partial charge in [-0.2, -0.15) is 0 Å². The molecule has 1 aromatic carbocycles. The molecule has 2 atom stereocenters. The summed E-state index contributed by atoms with van der Waals surface area (Å²) in [5.74, 6) is 0.898. The standard InChI is InChI=1S/C24H28ClN5O4/c1-4-18(31)11-12-29-22(32)20-21(28(3)24(29)33)27-23(34-19-10-5-15(2)26-13-19)30(20)14-16-6-8-17(25)9-7-16/h5-10,13,18,23,27,31H,4,11-12,14H2,1-3H3. The molecule has 1 aliphatic rings. The molecule has 3 aromatic rings. The first-order chi connectivity index (χ1) is 16.3. The number of aliphatic hydroxyl groups excluding tert-OH is 1. The number of ether oxygens (including phenoxy) is 1. The van der Waals surface area contributed by atoms with Gasteiger partial charge in [0.2, 0.25) is 0 Å². The molecule has 0 fully saturated rings. The molecule has 10 heteroatoms. The van der Waals surface area contributed by atoms with Crippen molar-refractivity contribution >= 4 is 23.1 Å². The van der Waals surface area contributed by atoms with Crippen molar-refractivity contribution in [2.45, 2.75) is 52.2 Å². The summed E-state index contributed by atoms with van der Waals surface area (Å²) in [6.07, 6.45) is 1.14. The maximum atomic E-state index is 13.5. The Morgan fingerprint density at radius 3 is 2.59 bits per heavy atom. The van der Waals surface area contributed by atoms with Gasteiger partial charge in [0.15, 0.2) is 0 Å². The summed E-state index contributed by atoms with van der Waals surface area (Å²) in [6.45, 7) is 4.20. The number of nitrogens with zero attached hydrogens (tertiary/aromatic N) is 4. The van der Waals surface area contributed by atoms with Crippen molar-refractivity contribution in [1.29, 1.82) is 0 Å². The van der Waals surface area contributed by atoms with Gasteiger partial charge < -0.3 is 20.1 Å². The zero-order chi connectivity index (χ0) is 24.4. The van der Waals surface area contributed by atoms with Crippen LogP contribution in [0, 0.1) is 6.92 Å². The van der Waals surface area contributed by atoms with Gasteiger partial charge in [-0.3, -0.25) is 18.9 Å². The molecule has 0 radical (unpaired) electrons. The quantitative estimate of drug-likeness (QED) is 0.506. The number of nitrogens with one attached hydrogen (secondary N) is 1. The van der Waals surface area contributed by atoms with Gasteiger partial charge in [0.1, 0.15) is 17.3 Å². The zero-order valence-corrected chi connectivity index (χ0v) is 20.1. The number of hydrogen-bond acceptors (Lipinski definition) is 7. The first-order valence-corrected chi connectivity index (χ1v) is 11.5. The predicted molar refractivity (Wildman–Crippen MR) is 132 cm³/mol. The zero-order valence-electron chi connectivity index (χ0n) is 19.4. The fourth-order valence-electron chi connectivity index (χ4n) is 3.86. The van der Waals surface area contributed by atoms with Gasteiger partial charge in [-0.15, -0.1) is 0 Å². The molecule has 34 heavy (non-hydrogen) atoms. The molecule has 0 bridgehead atoms. The third kappa shape index (κ3) is 4.80. The topological polar surface area (TPSA) is 102 Å². The second-order valence-corrected chi connectivity index (χ2v) is 8.79. The van der Waals surface area contributed by atoms with Crippen molar-refractivity contribution in [2.75, 3.05) is 10.2 Å². The van der Waals surface area contributed by atoms with Crippen molar-refractivity contribution in [3.8, 4) is 5.75 Å². The van der Waals surface area contributed by atoms with Crippen molar-refractivity contribution in [1.82, 2.24) is 14.1 Å². The molecule has 2 N–H and O–H groups in total. The number of pyridine rings is 1. The predicted octanol–water partition coefficient (Wildman–Crippen LogP) is 2.86. The number of benzene rings is 1. The molecule has 0 amide bonds. The average molecular weight is 486 g/mol. The maximum Gasteiger partial charge on any atom is 0.332 e. The van der Waals surface area contributed by atoms with Crippen molar-refractivity contribution in [3.05, 3.63) is 79.7 Å². The van der Waals surface area contributed by atoms with E-state index in [1.54, 1.807) is 36.3 Å². The molecule has 180 valence electrons. The van der Waals surface area contributed by atoms with E-state index in [0.29, 0.717) is 41.7 Å². The summed E-state index contributed by atoms with van der Waals surface area (Å²) >= 11 is 6.05. The van der Waals surface area contributed by atoms with Gasteiger partial charge in [0, 0.05) is 30.9 Å². The molecule has 9 nitrogen and oxygen atoms in total. The summed E-state index contributed by atoms with van der Waals surface area (Å²) in [7, 11) is 1.61. The van der Waals surface area contributed by atoms with Crippen LogP contribution in [0.2, 0.25) is 5.02 Å². The smallest absolute Gasteiger partial charge is 0.332 e. The number of anilines is 2. The molecule has 0 aliphatic carbocycles. The minimum Gasteiger partial charge on any atom is -0.451 e. The van der Waals surface area contributed by atoms with Crippen LogP contribution in [-0.4, -0.2) is 31.7 Å². The van der Waals surface area contributed by atoms with Crippen molar-refractivity contribution in [2.24, 2.45) is 7.05 Å². The molecule has 4 rings (SSSR count). The monoisotopic (exact) mass is 485 g/mol. The lowest BCUT2D eigenvalue weighted by molar-refractivity contribution is 0.153. The number of rotatable bonds is 8. The number of aromatic nitrogens is 3. The minimum atomic E-state index is -0.745. The van der Waals surface area contributed by atoms with Crippen molar-refractivity contribution in [3.63, 3.8) is 0 Å². The van der Waals surface area contributed by atoms with Gasteiger partial charge in [-0.05, 0) is 49.6 Å². The molecule has 2 unspecified atom stereocenters. The van der Waals surface area contributed by atoms with Crippen LogP contribution >= 0.6 is 11.6 Å². The van der Waals surface area contributed by atoms with E-state index in [9.17, 15) is 14.7 Å². The van der Waals surface area contributed by atoms with E-state index in [-0.39, 0.29) is 6.54 Å². The minimum absolute atomic E-state index is 0.121. The van der Waals surface area contributed by atoms with Crippen LogP contribution in [0.4, 0.5) is 11.5 Å². The van der Waals surface area contributed by atoms with E-state index >= 15 is 0 Å². The first kappa shape index (κ1) is 23.8. The SMILES string of the molecule is CCC(O)CCn1c(=O)c2c(n(C)c1=O)NC(Oc1ccc(C)nc1)N2Cc1ccc(Cl)cc1. The lowest BCUT2D eigenvalue weighted by atomic mass is 10.2. The molecule has 3 heterocycles. The van der Waals surface area contributed by atoms with E-state index in [4.69, 9.17) is 16.3 Å². The van der Waals surface area contributed by atoms with Crippen LogP contribution in [0.3, 0.4) is 0 Å². The Morgan fingerprint density at radius 2 is 1.94 bits per heavy atom. The highest BCUT2D eigenvalue weighted by Crippen LogP contribution is 2.32. The highest BCUT2D eigenvalue weighted by Gasteiger charge is 2.36. The van der Waals surface area contributed by atoms with Crippen LogP contribution in [-0.2, 0) is 20.1 Å². The van der Waals surface area contributed by atoms with Crippen LogP contribution in [0.15, 0.2) is 52.2 Å². The molecule has 0 saturated heterocycles. The molecular weight excluding hydrogens is 458 g/mol. The van der Waals surface area contributed by atoms with Gasteiger partial charge in [-0.1, -0.05) is 30.7 Å². The van der Waals surface area contributed by atoms with Gasteiger partial charge in [0.25, 0.3) is 11.9 Å². The first-order valence-electron chi connectivity index (χ1n) is 11.2. The third-order valence-corrected chi connectivity index (χ3v) is 6.16. The summed E-state index contributed by atoms with van der Waals surface area (Å²) in [5.41, 5.74) is 1.20.